The van der Waals surface area contributed by atoms with Gasteiger partial charge in [-0.1, -0.05) is 6.42 Å². The van der Waals surface area contributed by atoms with Crippen LogP contribution in [-0.2, 0) is 4.74 Å². The Morgan fingerprint density at radius 1 is 1.26 bits per heavy atom. The van der Waals surface area contributed by atoms with E-state index in [0.29, 0.717) is 17.6 Å². The quantitative estimate of drug-likeness (QED) is 0.410. The summed E-state index contributed by atoms with van der Waals surface area (Å²) in [5, 5.41) is 3.57. The summed E-state index contributed by atoms with van der Waals surface area (Å²) in [7, 11) is 1.91. The predicted octanol–water partition coefficient (Wildman–Crippen LogP) is 1.92. The average Bonchev–Trinajstić information content (AvgIpc) is 3.13. The molecule has 5 nitrogen and oxygen atoms in total. The van der Waals surface area contributed by atoms with E-state index in [1.54, 1.807) is 0 Å². The van der Waals surface area contributed by atoms with Crippen molar-refractivity contribution in [2.24, 2.45) is 10.4 Å². The van der Waals surface area contributed by atoms with E-state index in [1.807, 2.05) is 7.05 Å². The van der Waals surface area contributed by atoms with Crippen molar-refractivity contribution in [3.8, 4) is 0 Å². The highest BCUT2D eigenvalue weighted by Crippen LogP contribution is 2.47. The molecule has 4 rings (SSSR count). The summed E-state index contributed by atoms with van der Waals surface area (Å²) in [5.41, 5.74) is 0.627. The van der Waals surface area contributed by atoms with Crippen LogP contribution in [-0.4, -0.2) is 74.3 Å². The van der Waals surface area contributed by atoms with Gasteiger partial charge in [-0.3, -0.25) is 9.89 Å². The minimum atomic E-state index is 0. The van der Waals surface area contributed by atoms with Crippen molar-refractivity contribution in [3.05, 3.63) is 0 Å². The number of halogens is 1. The zero-order valence-electron chi connectivity index (χ0n) is 14.3. The molecule has 0 aromatic heterocycles. The summed E-state index contributed by atoms with van der Waals surface area (Å²) in [6.07, 6.45) is 8.58. The molecule has 0 amide bonds. The molecular formula is C17H31IN4O. The van der Waals surface area contributed by atoms with Gasteiger partial charge >= 0.3 is 0 Å². The number of guanidine groups is 1. The Balaban J connectivity index is 0.00000156. The van der Waals surface area contributed by atoms with Gasteiger partial charge in [0.15, 0.2) is 5.96 Å². The predicted molar refractivity (Wildman–Crippen MR) is 104 cm³/mol. The summed E-state index contributed by atoms with van der Waals surface area (Å²) in [4.78, 5) is 9.58. The SMILES string of the molecule is CN=C(NCC1CN2CCCC2CO1)N1CCC2(CCC2)C1.I. The summed E-state index contributed by atoms with van der Waals surface area (Å²) < 4.78 is 6.05. The highest BCUT2D eigenvalue weighted by Gasteiger charge is 2.43. The van der Waals surface area contributed by atoms with Gasteiger partial charge in [0.2, 0.25) is 0 Å². The highest BCUT2D eigenvalue weighted by atomic mass is 127. The zero-order chi connectivity index (χ0) is 15.0. The highest BCUT2D eigenvalue weighted by molar-refractivity contribution is 14.0. The Morgan fingerprint density at radius 2 is 2.13 bits per heavy atom. The summed E-state index contributed by atoms with van der Waals surface area (Å²) >= 11 is 0. The first kappa shape index (κ1) is 17.7. The first-order valence-electron chi connectivity index (χ1n) is 9.09. The van der Waals surface area contributed by atoms with E-state index in [9.17, 15) is 0 Å². The average molecular weight is 434 g/mol. The van der Waals surface area contributed by atoms with Gasteiger partial charge in [-0.15, -0.1) is 24.0 Å². The second-order valence-corrected chi connectivity index (χ2v) is 7.70. The van der Waals surface area contributed by atoms with Gasteiger partial charge in [-0.2, -0.15) is 0 Å². The maximum absolute atomic E-state index is 6.05. The van der Waals surface area contributed by atoms with Gasteiger partial charge in [-0.25, -0.2) is 0 Å². The third kappa shape index (κ3) is 3.63. The molecule has 3 aliphatic heterocycles. The Kier molecular flexibility index (Phi) is 5.73. The molecule has 4 fully saturated rings. The fraction of sp³-hybridized carbons (Fsp3) is 0.941. The lowest BCUT2D eigenvalue weighted by Crippen LogP contribution is -2.52. The number of nitrogens with zero attached hydrogens (tertiary/aromatic N) is 3. The molecule has 0 radical (unpaired) electrons. The van der Waals surface area contributed by atoms with Crippen molar-refractivity contribution in [1.82, 2.24) is 15.1 Å². The van der Waals surface area contributed by atoms with Crippen molar-refractivity contribution in [1.29, 1.82) is 0 Å². The van der Waals surface area contributed by atoms with Crippen LogP contribution in [0.3, 0.4) is 0 Å². The van der Waals surface area contributed by atoms with Crippen LogP contribution >= 0.6 is 24.0 Å². The molecule has 1 N–H and O–H groups in total. The molecule has 2 atom stereocenters. The standard InChI is InChI=1S/C17H30N4O.HI/c1-18-16(21-9-7-17(13-21)5-3-6-17)19-10-15-11-20-8-2-4-14(20)12-22-15;/h14-15H,2-13H2,1H3,(H,18,19);1H. The van der Waals surface area contributed by atoms with Crippen LogP contribution < -0.4 is 5.32 Å². The molecular weight excluding hydrogens is 403 g/mol. The fourth-order valence-electron chi connectivity index (χ4n) is 4.75. The maximum atomic E-state index is 6.05. The number of hydrogen-bond donors (Lipinski definition) is 1. The summed E-state index contributed by atoms with van der Waals surface area (Å²) in [6, 6.07) is 0.688. The fourth-order valence-corrected chi connectivity index (χ4v) is 4.75. The number of fused-ring (bicyclic) bond motifs is 1. The summed E-state index contributed by atoms with van der Waals surface area (Å²) in [6.45, 7) is 6.51. The molecule has 2 unspecified atom stereocenters. The van der Waals surface area contributed by atoms with Crippen LogP contribution in [0.1, 0.15) is 38.5 Å². The Hall–Kier alpha value is -0.0800. The van der Waals surface area contributed by atoms with Crippen LogP contribution in [0.2, 0.25) is 0 Å². The van der Waals surface area contributed by atoms with E-state index in [4.69, 9.17) is 4.74 Å². The third-order valence-electron chi connectivity index (χ3n) is 6.31. The molecule has 6 heteroatoms. The normalized spacial score (nSPS) is 33.3. The molecule has 1 aliphatic carbocycles. The van der Waals surface area contributed by atoms with Crippen LogP contribution in [0, 0.1) is 5.41 Å². The molecule has 0 aromatic rings. The van der Waals surface area contributed by atoms with Gasteiger partial charge < -0.3 is 15.0 Å². The van der Waals surface area contributed by atoms with E-state index in [-0.39, 0.29) is 24.0 Å². The number of morpholine rings is 1. The summed E-state index contributed by atoms with van der Waals surface area (Å²) in [5.74, 6) is 1.08. The lowest BCUT2D eigenvalue weighted by molar-refractivity contribution is -0.0454. The van der Waals surface area contributed by atoms with Crippen LogP contribution in [0.15, 0.2) is 4.99 Å². The lowest BCUT2D eigenvalue weighted by Gasteiger charge is -2.38. The molecule has 1 spiro atoms. The largest absolute Gasteiger partial charge is 0.373 e. The van der Waals surface area contributed by atoms with E-state index in [2.05, 4.69) is 20.1 Å². The smallest absolute Gasteiger partial charge is 0.193 e. The molecule has 0 bridgehead atoms. The van der Waals surface area contributed by atoms with Gasteiger partial charge in [0, 0.05) is 39.3 Å². The third-order valence-corrected chi connectivity index (χ3v) is 6.31. The number of hydrogen-bond acceptors (Lipinski definition) is 3. The molecule has 23 heavy (non-hydrogen) atoms. The van der Waals surface area contributed by atoms with Gasteiger partial charge in [-0.05, 0) is 44.1 Å². The molecule has 4 aliphatic rings. The minimum absolute atomic E-state index is 0. The van der Waals surface area contributed by atoms with E-state index in [1.165, 1.54) is 58.2 Å². The molecule has 132 valence electrons. The van der Waals surface area contributed by atoms with Gasteiger partial charge in [0.1, 0.15) is 0 Å². The van der Waals surface area contributed by atoms with E-state index < -0.39 is 0 Å². The number of aliphatic imine (C=N–C) groups is 1. The second-order valence-electron chi connectivity index (χ2n) is 7.70. The lowest BCUT2D eigenvalue weighted by atomic mass is 9.68. The Morgan fingerprint density at radius 3 is 2.83 bits per heavy atom. The van der Waals surface area contributed by atoms with Crippen molar-refractivity contribution >= 4 is 29.9 Å². The van der Waals surface area contributed by atoms with Crippen molar-refractivity contribution in [2.45, 2.75) is 50.7 Å². The Bertz CT molecular complexity index is 440. The molecule has 3 saturated heterocycles. The molecule has 3 heterocycles. The topological polar surface area (TPSA) is 40.1 Å². The first-order valence-corrected chi connectivity index (χ1v) is 9.09. The maximum Gasteiger partial charge on any atom is 0.193 e. The van der Waals surface area contributed by atoms with Crippen LogP contribution in [0.4, 0.5) is 0 Å². The molecule has 0 aromatic carbocycles. The number of rotatable bonds is 2. The van der Waals surface area contributed by atoms with Crippen LogP contribution in [0.25, 0.3) is 0 Å². The van der Waals surface area contributed by atoms with Crippen molar-refractivity contribution in [2.75, 3.05) is 46.4 Å². The minimum Gasteiger partial charge on any atom is -0.373 e. The first-order chi connectivity index (χ1) is 10.8. The van der Waals surface area contributed by atoms with Crippen molar-refractivity contribution < 1.29 is 4.74 Å². The van der Waals surface area contributed by atoms with E-state index in [0.717, 1.165) is 25.7 Å². The monoisotopic (exact) mass is 434 g/mol. The van der Waals surface area contributed by atoms with Crippen molar-refractivity contribution in [3.63, 3.8) is 0 Å². The number of ether oxygens (including phenoxy) is 1. The Labute approximate surface area is 157 Å². The van der Waals surface area contributed by atoms with E-state index >= 15 is 0 Å². The zero-order valence-corrected chi connectivity index (χ0v) is 16.6. The van der Waals surface area contributed by atoms with Gasteiger partial charge in [0.25, 0.3) is 0 Å². The second kappa shape index (κ2) is 7.44. The number of nitrogens with one attached hydrogen (secondary N) is 1. The van der Waals surface area contributed by atoms with Gasteiger partial charge in [0.05, 0.1) is 12.7 Å². The molecule has 1 saturated carbocycles. The van der Waals surface area contributed by atoms with Crippen LogP contribution in [0.5, 0.6) is 0 Å². The number of likely N-dealkylation sites (tertiary alicyclic amines) is 1.